The molecule has 0 saturated carbocycles. The van der Waals surface area contributed by atoms with Crippen LogP contribution >= 0.6 is 0 Å². The highest BCUT2D eigenvalue weighted by atomic mass is 16.5. The summed E-state index contributed by atoms with van der Waals surface area (Å²) in [4.78, 5) is 10.4. The maximum atomic E-state index is 6.67. The van der Waals surface area contributed by atoms with E-state index >= 15 is 0 Å². The van der Waals surface area contributed by atoms with Crippen molar-refractivity contribution in [3.8, 4) is 45.3 Å². The zero-order chi connectivity index (χ0) is 61.1. The average Bonchev–Trinajstić information content (AvgIpc) is 1.08. The molecule has 13 aromatic rings. The molecule has 0 saturated heterocycles. The summed E-state index contributed by atoms with van der Waals surface area (Å²) in [6.45, 7) is 9.37. The highest BCUT2D eigenvalue weighted by molar-refractivity contribution is 7.03. The van der Waals surface area contributed by atoms with Crippen LogP contribution in [0.5, 0.6) is 23.0 Å². The molecule has 4 aliphatic heterocycles. The standard InChI is InChI=1S/C84H60B2N4O2/c1-83(2)65-47-59(91-57-35-19-9-20-36-57)43-45-61(65)63-49-75-79-81(77(63)83)89(55-31-15-7-16-32-55)71-41-25-23-39-67(71)85(79)69-51-70-74(52-73(69)87(75)53-27-11-5-12-28-53)88(54-29-13-6-14-30-54)76-50-64-62-46-44-60(92-58-37-21-10-22-38-58)48-66(62)84(3,4)78(64)82-80(76)86(70)68-40-24-26-42-72(68)90(82)56-33-17-8-18-34-56/h5-52H,1-4H3. The molecule has 434 valence electrons. The molecule has 0 bridgehead atoms. The fourth-order valence-corrected chi connectivity index (χ4v) is 16.8. The number of ether oxygens (including phenoxy) is 2. The van der Waals surface area contributed by atoms with E-state index < -0.39 is 10.8 Å². The first-order chi connectivity index (χ1) is 45.2. The van der Waals surface area contributed by atoms with Gasteiger partial charge in [0.15, 0.2) is 0 Å². The van der Waals surface area contributed by atoms with Crippen molar-refractivity contribution >= 4 is 114 Å². The third-order valence-electron chi connectivity index (χ3n) is 20.6. The molecule has 0 amide bonds. The Labute approximate surface area is 537 Å². The maximum Gasteiger partial charge on any atom is 0.252 e. The van der Waals surface area contributed by atoms with Crippen LogP contribution in [0.4, 0.5) is 68.2 Å². The highest BCUT2D eigenvalue weighted by Gasteiger charge is 2.53. The van der Waals surface area contributed by atoms with Crippen molar-refractivity contribution in [1.82, 2.24) is 0 Å². The molecule has 6 aliphatic rings. The van der Waals surface area contributed by atoms with Gasteiger partial charge in [-0.25, -0.2) is 0 Å². The zero-order valence-electron chi connectivity index (χ0n) is 51.5. The summed E-state index contributed by atoms with van der Waals surface area (Å²) in [7, 11) is 0. The van der Waals surface area contributed by atoms with Crippen LogP contribution in [0.3, 0.4) is 0 Å². The van der Waals surface area contributed by atoms with Crippen LogP contribution in [0.2, 0.25) is 0 Å². The van der Waals surface area contributed by atoms with Gasteiger partial charge in [0.25, 0.3) is 13.4 Å². The molecule has 0 N–H and O–H groups in total. The Morgan fingerprint density at radius 2 is 0.598 bits per heavy atom. The summed E-state index contributed by atoms with van der Waals surface area (Å²) in [5, 5.41) is 0. The number of benzene rings is 13. The molecule has 19 rings (SSSR count). The Hall–Kier alpha value is -11.2. The summed E-state index contributed by atoms with van der Waals surface area (Å²) in [6.07, 6.45) is 0. The number of hydrogen-bond acceptors (Lipinski definition) is 6. The fourth-order valence-electron chi connectivity index (χ4n) is 16.8. The zero-order valence-corrected chi connectivity index (χ0v) is 51.5. The Kier molecular flexibility index (Phi) is 11.3. The van der Waals surface area contributed by atoms with Gasteiger partial charge in [0, 0.05) is 79.1 Å². The molecule has 0 fully saturated rings. The summed E-state index contributed by atoms with van der Waals surface area (Å²) in [5.74, 6) is 3.28. The SMILES string of the molecule is CC1(C)c2cc(Oc3ccccc3)ccc2-c2cc3c4c(c21)N(c1ccccc1)c1ccccc1B4c1cc2c(cc1N3c1ccccc1)N(c1ccccc1)c1cc3c(c4c1B2c1ccccc1N4c1ccccc1)C(C)(C)c1cc(Oc2ccccc2)ccc1-3. The minimum absolute atomic E-state index is 0.162. The van der Waals surface area contributed by atoms with Crippen LogP contribution in [0.15, 0.2) is 291 Å². The van der Waals surface area contributed by atoms with E-state index in [0.717, 1.165) is 57.1 Å². The van der Waals surface area contributed by atoms with E-state index in [1.54, 1.807) is 0 Å². The first kappa shape index (κ1) is 52.7. The first-order valence-electron chi connectivity index (χ1n) is 32.1. The summed E-state index contributed by atoms with van der Waals surface area (Å²) < 4.78 is 13.3. The van der Waals surface area contributed by atoms with Gasteiger partial charge in [0.2, 0.25) is 0 Å². The van der Waals surface area contributed by atoms with Gasteiger partial charge in [-0.2, -0.15) is 0 Å². The quantitative estimate of drug-likeness (QED) is 0.141. The van der Waals surface area contributed by atoms with E-state index in [1.807, 2.05) is 60.7 Å². The van der Waals surface area contributed by atoms with Crippen molar-refractivity contribution in [2.45, 2.75) is 38.5 Å². The van der Waals surface area contributed by atoms with Gasteiger partial charge >= 0.3 is 0 Å². The van der Waals surface area contributed by atoms with Gasteiger partial charge in [-0.15, -0.1) is 0 Å². The Morgan fingerprint density at radius 3 is 0.978 bits per heavy atom. The van der Waals surface area contributed by atoms with Crippen LogP contribution in [0.1, 0.15) is 49.9 Å². The smallest absolute Gasteiger partial charge is 0.252 e. The minimum Gasteiger partial charge on any atom is -0.457 e. The number of nitrogens with zero attached hydrogens (tertiary/aromatic N) is 4. The lowest BCUT2D eigenvalue weighted by atomic mass is 9.30. The molecule has 8 heteroatoms. The second kappa shape index (κ2) is 19.6. The van der Waals surface area contributed by atoms with E-state index in [-0.39, 0.29) is 13.4 Å². The van der Waals surface area contributed by atoms with Crippen LogP contribution in [-0.2, 0) is 10.8 Å². The molecule has 92 heavy (non-hydrogen) atoms. The molecule has 0 aromatic heterocycles. The summed E-state index contributed by atoms with van der Waals surface area (Å²) in [6, 6.07) is 107. The number of fused-ring (bicyclic) bond motifs is 16. The molecular formula is C84H60B2N4O2. The molecule has 6 nitrogen and oxygen atoms in total. The van der Waals surface area contributed by atoms with Crippen molar-refractivity contribution < 1.29 is 9.47 Å². The Balaban J connectivity index is 0.914. The molecule has 13 aromatic carbocycles. The fraction of sp³-hybridized carbons (Fsp3) is 0.0714. The van der Waals surface area contributed by atoms with Gasteiger partial charge < -0.3 is 29.1 Å². The lowest BCUT2D eigenvalue weighted by molar-refractivity contribution is 0.480. The van der Waals surface area contributed by atoms with E-state index in [4.69, 9.17) is 9.47 Å². The largest absolute Gasteiger partial charge is 0.457 e. The topological polar surface area (TPSA) is 31.4 Å². The molecule has 0 atom stereocenters. The van der Waals surface area contributed by atoms with E-state index in [1.165, 1.54) is 111 Å². The second-order valence-electron chi connectivity index (χ2n) is 26.3. The predicted octanol–water partition coefficient (Wildman–Crippen LogP) is 18.0. The van der Waals surface area contributed by atoms with Crippen LogP contribution in [-0.4, -0.2) is 13.4 Å². The van der Waals surface area contributed by atoms with Crippen molar-refractivity contribution in [2.75, 3.05) is 19.6 Å². The second-order valence-corrected chi connectivity index (χ2v) is 26.3. The maximum absolute atomic E-state index is 6.67. The Morgan fingerprint density at radius 1 is 0.261 bits per heavy atom. The number of rotatable bonds is 8. The molecular weight excluding hydrogens is 1120 g/mol. The van der Waals surface area contributed by atoms with Gasteiger partial charge in [-0.3, -0.25) is 0 Å². The van der Waals surface area contributed by atoms with Gasteiger partial charge in [0.05, 0.1) is 0 Å². The summed E-state index contributed by atoms with van der Waals surface area (Å²) in [5.41, 5.74) is 30.8. The van der Waals surface area contributed by atoms with Gasteiger partial charge in [0.1, 0.15) is 23.0 Å². The first-order valence-corrected chi connectivity index (χ1v) is 32.1. The lowest BCUT2D eigenvalue weighted by Gasteiger charge is -2.48. The molecule has 0 spiro atoms. The normalized spacial score (nSPS) is 14.8. The third kappa shape index (κ3) is 7.46. The van der Waals surface area contributed by atoms with Crippen molar-refractivity contribution in [3.63, 3.8) is 0 Å². The van der Waals surface area contributed by atoms with E-state index in [2.05, 4.69) is 278 Å². The number of para-hydroxylation sites is 8. The van der Waals surface area contributed by atoms with Crippen LogP contribution in [0.25, 0.3) is 22.3 Å². The van der Waals surface area contributed by atoms with Gasteiger partial charge in [-0.05, 0) is 205 Å². The Bertz CT molecular complexity index is 4880. The summed E-state index contributed by atoms with van der Waals surface area (Å²) >= 11 is 0. The van der Waals surface area contributed by atoms with Crippen molar-refractivity contribution in [3.05, 3.63) is 313 Å². The predicted molar refractivity (Wildman–Crippen MR) is 383 cm³/mol. The molecule has 0 radical (unpaired) electrons. The molecule has 0 unspecified atom stereocenters. The van der Waals surface area contributed by atoms with E-state index in [0.29, 0.717) is 0 Å². The van der Waals surface area contributed by atoms with E-state index in [9.17, 15) is 0 Å². The average molecular weight is 1180 g/mol. The van der Waals surface area contributed by atoms with Crippen molar-refractivity contribution in [2.24, 2.45) is 0 Å². The highest BCUT2D eigenvalue weighted by Crippen LogP contribution is 2.61. The van der Waals surface area contributed by atoms with Crippen LogP contribution < -0.4 is 61.9 Å². The molecule has 4 heterocycles. The lowest BCUT2D eigenvalue weighted by Crippen LogP contribution is -2.65. The van der Waals surface area contributed by atoms with Gasteiger partial charge in [-0.1, -0.05) is 191 Å². The monoisotopic (exact) mass is 1180 g/mol. The third-order valence-corrected chi connectivity index (χ3v) is 20.6. The van der Waals surface area contributed by atoms with Crippen molar-refractivity contribution in [1.29, 1.82) is 0 Å². The van der Waals surface area contributed by atoms with Crippen LogP contribution in [0, 0.1) is 0 Å². The number of anilines is 12. The number of hydrogen-bond donors (Lipinski definition) is 0. The molecule has 2 aliphatic carbocycles. The minimum atomic E-state index is -0.445.